The smallest absolute Gasteiger partial charge is 0.493 e. The number of ether oxygens (including phenoxy) is 5. The summed E-state index contributed by atoms with van der Waals surface area (Å²) in [6.45, 7) is 5.80. The minimum absolute atomic E-state index is 0.0313. The van der Waals surface area contributed by atoms with Crippen LogP contribution < -0.4 is 18.9 Å². The highest BCUT2D eigenvalue weighted by molar-refractivity contribution is 5.69. The summed E-state index contributed by atoms with van der Waals surface area (Å²) in [6.07, 6.45) is -15.1. The highest BCUT2D eigenvalue weighted by atomic mass is 19.4. The monoisotopic (exact) mass is 1090 g/mol. The van der Waals surface area contributed by atoms with Crippen molar-refractivity contribution >= 4 is 11.9 Å². The Bertz CT molecular complexity index is 2790. The summed E-state index contributed by atoms with van der Waals surface area (Å²) < 4.78 is 184. The molecule has 0 unspecified atom stereocenters. The summed E-state index contributed by atoms with van der Waals surface area (Å²) in [6, 6.07) is 22.0. The van der Waals surface area contributed by atoms with Gasteiger partial charge in [0.2, 0.25) is 0 Å². The van der Waals surface area contributed by atoms with E-state index in [0.717, 1.165) is 33.4 Å². The minimum atomic E-state index is -4.90. The molecule has 0 saturated carbocycles. The van der Waals surface area contributed by atoms with Crippen molar-refractivity contribution in [1.29, 1.82) is 0 Å². The Balaban J connectivity index is 0.000000281. The van der Waals surface area contributed by atoms with Crippen LogP contribution in [-0.2, 0) is 39.8 Å². The van der Waals surface area contributed by atoms with E-state index in [4.69, 9.17) is 19.3 Å². The summed E-state index contributed by atoms with van der Waals surface area (Å²) in [5.74, 6) is -1.57. The predicted molar refractivity (Wildman–Crippen MR) is 251 cm³/mol. The average molecular weight is 1090 g/mol. The van der Waals surface area contributed by atoms with E-state index < -0.39 is 53.9 Å². The molecule has 2 heterocycles. The van der Waals surface area contributed by atoms with E-state index in [9.17, 15) is 62.3 Å². The molecule has 0 bridgehead atoms. The number of para-hydroxylation sites is 2. The van der Waals surface area contributed by atoms with E-state index in [-0.39, 0.29) is 79.7 Å². The summed E-state index contributed by atoms with van der Waals surface area (Å²) in [7, 11) is 0. The largest absolute Gasteiger partial charge is 0.573 e. The maximum atomic E-state index is 13.8. The molecule has 0 amide bonds. The molecule has 2 atom stereocenters. The van der Waals surface area contributed by atoms with E-state index in [2.05, 4.69) is 19.4 Å². The molecule has 0 spiro atoms. The highest BCUT2D eigenvalue weighted by Gasteiger charge is 2.38. The van der Waals surface area contributed by atoms with Gasteiger partial charge in [0.15, 0.2) is 0 Å². The van der Waals surface area contributed by atoms with E-state index in [1.807, 2.05) is 13.8 Å². The van der Waals surface area contributed by atoms with Crippen molar-refractivity contribution in [3.63, 3.8) is 0 Å². The molecular weight excluding hydrogens is 1040 g/mol. The number of halogens is 12. The Hall–Kier alpha value is -7.40. The van der Waals surface area contributed by atoms with E-state index in [0.29, 0.717) is 67.3 Å². The quantitative estimate of drug-likeness (QED) is 0.0375. The summed E-state index contributed by atoms with van der Waals surface area (Å²) >= 11 is 0. The van der Waals surface area contributed by atoms with Crippen molar-refractivity contribution in [3.05, 3.63) is 132 Å². The van der Waals surface area contributed by atoms with Crippen molar-refractivity contribution in [2.45, 2.75) is 97.5 Å². The number of aromatic nitrogens is 4. The van der Waals surface area contributed by atoms with Crippen LogP contribution in [0, 0.1) is 11.8 Å². The average Bonchev–Trinajstić information content (AvgIpc) is 3.95. The number of carboxylic acids is 1. The van der Waals surface area contributed by atoms with Gasteiger partial charge in [0.25, 0.3) is 0 Å². The molecule has 4 aromatic carbocycles. The van der Waals surface area contributed by atoms with Gasteiger partial charge in [0.05, 0.1) is 45.3 Å². The van der Waals surface area contributed by atoms with Crippen LogP contribution in [0.15, 0.2) is 109 Å². The van der Waals surface area contributed by atoms with E-state index in [1.54, 1.807) is 55.5 Å². The standard InChI is InChI=1S/C27H28F6N2O4.C25H24F6N2O4/c1-3-37-24(36)15-18(2)7-6-14-38-22-9-5-4-8-20(22)17-35-23(26(28,29)30)16-34-25(35)19-10-12-21(13-11-19)39-27(31,32)33;1-16(13-22(34)35)5-4-12-36-20-7-3-2-6-18(20)15-33-21(24(26,27)28)14-32-23(33)17-8-10-19(11-9-17)37-25(29,30)31/h4-5,8-13,16,18H,3,6-7,14-15,17H2,1-2H3;2-3,6-11,14,16H,4-5,12-13,15H2,1H3,(H,34,35)/t18-;16-/m11/s1. The molecular formula is C52H52F12N4O8. The first-order chi connectivity index (χ1) is 35.7. The first kappa shape index (κ1) is 59.5. The highest BCUT2D eigenvalue weighted by Crippen LogP contribution is 2.37. The second kappa shape index (κ2) is 26.4. The molecule has 0 aliphatic heterocycles. The van der Waals surface area contributed by atoms with Crippen molar-refractivity contribution in [1.82, 2.24) is 19.1 Å². The fourth-order valence-corrected chi connectivity index (χ4v) is 7.72. The molecule has 0 saturated heterocycles. The fourth-order valence-electron chi connectivity index (χ4n) is 7.72. The normalized spacial score (nSPS) is 12.8. The number of alkyl halides is 12. The van der Waals surface area contributed by atoms with Crippen LogP contribution >= 0.6 is 0 Å². The van der Waals surface area contributed by atoms with Crippen molar-refractivity contribution in [3.8, 4) is 45.8 Å². The lowest BCUT2D eigenvalue weighted by atomic mass is 10.0. The zero-order valence-electron chi connectivity index (χ0n) is 41.0. The van der Waals surface area contributed by atoms with Gasteiger partial charge in [-0.25, -0.2) is 9.97 Å². The summed E-state index contributed by atoms with van der Waals surface area (Å²) in [5, 5.41) is 8.85. The van der Waals surface area contributed by atoms with E-state index >= 15 is 0 Å². The zero-order valence-corrected chi connectivity index (χ0v) is 41.0. The number of benzene rings is 4. The molecule has 76 heavy (non-hydrogen) atoms. The van der Waals surface area contributed by atoms with Crippen molar-refractivity contribution in [2.75, 3.05) is 19.8 Å². The second-order valence-electron chi connectivity index (χ2n) is 17.3. The summed E-state index contributed by atoms with van der Waals surface area (Å²) in [4.78, 5) is 30.2. The molecule has 1 N–H and O–H groups in total. The number of nitrogens with zero attached hydrogens (tertiary/aromatic N) is 4. The molecule has 0 aliphatic carbocycles. The van der Waals surface area contributed by atoms with Gasteiger partial charge in [-0.15, -0.1) is 26.3 Å². The van der Waals surface area contributed by atoms with Gasteiger partial charge in [-0.3, -0.25) is 9.59 Å². The van der Waals surface area contributed by atoms with Crippen LogP contribution in [0.5, 0.6) is 23.0 Å². The molecule has 2 aromatic heterocycles. The Morgan fingerprint density at radius 1 is 0.566 bits per heavy atom. The molecule has 0 radical (unpaired) electrons. The third-order valence-corrected chi connectivity index (χ3v) is 11.1. The number of carbonyl (C=O) groups is 2. The number of hydrogen-bond acceptors (Lipinski definition) is 9. The number of carbonyl (C=O) groups excluding carboxylic acids is 1. The molecule has 12 nitrogen and oxygen atoms in total. The van der Waals surface area contributed by atoms with Crippen LogP contribution in [0.3, 0.4) is 0 Å². The first-order valence-corrected chi connectivity index (χ1v) is 23.5. The van der Waals surface area contributed by atoms with Gasteiger partial charge < -0.3 is 37.9 Å². The summed E-state index contributed by atoms with van der Waals surface area (Å²) in [5.41, 5.74) is -0.822. The topological polar surface area (TPSA) is 136 Å². The number of esters is 1. The van der Waals surface area contributed by atoms with Crippen molar-refractivity contribution in [2.24, 2.45) is 11.8 Å². The Labute approximate surface area is 428 Å². The van der Waals surface area contributed by atoms with Crippen molar-refractivity contribution < 1.29 is 91.1 Å². The van der Waals surface area contributed by atoms with Gasteiger partial charge in [-0.1, -0.05) is 50.2 Å². The second-order valence-corrected chi connectivity index (χ2v) is 17.3. The molecule has 412 valence electrons. The maximum absolute atomic E-state index is 13.8. The number of hydrogen-bond donors (Lipinski definition) is 1. The zero-order chi connectivity index (χ0) is 55.8. The van der Waals surface area contributed by atoms with Crippen LogP contribution in [0.1, 0.15) is 81.8 Å². The SMILES string of the molecule is CCOC(=O)C[C@H](C)CCCOc1ccccc1Cn1c(C(F)(F)F)cnc1-c1ccc(OC(F)(F)F)cc1.C[C@H](CCCOc1ccccc1Cn1c(C(F)(F)F)cnc1-c1ccc(OC(F)(F)F)cc1)CC(=O)O. The minimum Gasteiger partial charge on any atom is -0.493 e. The lowest BCUT2D eigenvalue weighted by molar-refractivity contribution is -0.275. The van der Waals surface area contributed by atoms with Gasteiger partial charge in [0.1, 0.15) is 46.0 Å². The third-order valence-electron chi connectivity index (χ3n) is 11.1. The molecule has 0 fully saturated rings. The van der Waals surface area contributed by atoms with Gasteiger partial charge >= 0.3 is 37.0 Å². The van der Waals surface area contributed by atoms with Gasteiger partial charge in [-0.05, 0) is 105 Å². The van der Waals surface area contributed by atoms with Crippen LogP contribution in [-0.4, -0.2) is 68.7 Å². The van der Waals surface area contributed by atoms with E-state index in [1.165, 1.54) is 24.3 Å². The molecule has 6 aromatic rings. The van der Waals surface area contributed by atoms with Gasteiger partial charge in [0, 0.05) is 35.1 Å². The lowest BCUT2D eigenvalue weighted by Gasteiger charge is -2.17. The predicted octanol–water partition coefficient (Wildman–Crippen LogP) is 14.0. The van der Waals surface area contributed by atoms with Gasteiger partial charge in [-0.2, -0.15) is 26.3 Å². The number of carboxylic acid groups (broad SMARTS) is 1. The fraction of sp³-hybridized carbons (Fsp3) is 0.385. The molecule has 24 heteroatoms. The molecule has 6 rings (SSSR count). The lowest BCUT2D eigenvalue weighted by Crippen LogP contribution is -2.17. The Morgan fingerprint density at radius 3 is 1.30 bits per heavy atom. The number of aliphatic carboxylic acids is 1. The van der Waals surface area contributed by atoms with Crippen LogP contribution in [0.2, 0.25) is 0 Å². The maximum Gasteiger partial charge on any atom is 0.573 e. The van der Waals surface area contributed by atoms with Crippen LogP contribution in [0.25, 0.3) is 22.8 Å². The number of rotatable bonds is 23. The third kappa shape index (κ3) is 18.8. The number of imidazole rings is 2. The Morgan fingerprint density at radius 2 is 0.947 bits per heavy atom. The van der Waals surface area contributed by atoms with Crippen LogP contribution in [0.4, 0.5) is 52.7 Å². The molecule has 0 aliphatic rings. The Kier molecular flexibility index (Phi) is 20.6. The first-order valence-electron chi connectivity index (χ1n) is 23.5.